The first-order chi connectivity index (χ1) is 18.7. The fourth-order valence-electron chi connectivity index (χ4n) is 4.57. The summed E-state index contributed by atoms with van der Waals surface area (Å²) in [5.41, 5.74) is 3.25. The summed E-state index contributed by atoms with van der Waals surface area (Å²) in [5.74, 6) is 1.75. The van der Waals surface area contributed by atoms with Gasteiger partial charge in [0.25, 0.3) is 0 Å². The first-order valence-electron chi connectivity index (χ1n) is 12.9. The standard InChI is InChI=1S/C27H34N8O2S/c1-38-27-31-24(30-22-4-6-23(7-5-22)33-13-15-37-16-14-33)17-25(32-27)34-9-11-35(12-10-34)26(36)20-29-19-21-3-2-8-28-18-21/h2-8,17-18,29H,9-16,19-20H2,1H3,(H,30,31,32). The van der Waals surface area contributed by atoms with Gasteiger partial charge in [0.15, 0.2) is 5.16 Å². The first-order valence-corrected chi connectivity index (χ1v) is 14.2. The smallest absolute Gasteiger partial charge is 0.236 e. The maximum Gasteiger partial charge on any atom is 0.236 e. The molecule has 2 N–H and O–H groups in total. The lowest BCUT2D eigenvalue weighted by Crippen LogP contribution is -2.51. The summed E-state index contributed by atoms with van der Waals surface area (Å²) in [4.78, 5) is 32.7. The Balaban J connectivity index is 1.15. The van der Waals surface area contributed by atoms with Crippen LogP contribution in [0.2, 0.25) is 0 Å². The molecule has 0 radical (unpaired) electrons. The Morgan fingerprint density at radius 2 is 1.79 bits per heavy atom. The normalized spacial score (nSPS) is 16.0. The van der Waals surface area contributed by atoms with Gasteiger partial charge in [0.05, 0.1) is 19.8 Å². The zero-order chi connectivity index (χ0) is 26.2. The number of benzene rings is 1. The summed E-state index contributed by atoms with van der Waals surface area (Å²) in [5, 5.41) is 7.38. The van der Waals surface area contributed by atoms with E-state index < -0.39 is 0 Å². The van der Waals surface area contributed by atoms with E-state index >= 15 is 0 Å². The van der Waals surface area contributed by atoms with Gasteiger partial charge in [0, 0.05) is 75.6 Å². The number of morpholine rings is 1. The third-order valence-corrected chi connectivity index (χ3v) is 7.22. The predicted molar refractivity (Wildman–Crippen MR) is 151 cm³/mol. The largest absolute Gasteiger partial charge is 0.378 e. The van der Waals surface area contributed by atoms with Crippen molar-refractivity contribution >= 4 is 40.7 Å². The second-order valence-corrected chi connectivity index (χ2v) is 9.98. The fourth-order valence-corrected chi connectivity index (χ4v) is 4.94. The predicted octanol–water partition coefficient (Wildman–Crippen LogP) is 2.61. The molecule has 2 saturated heterocycles. The van der Waals surface area contributed by atoms with Crippen molar-refractivity contribution in [2.24, 2.45) is 0 Å². The molecule has 4 heterocycles. The molecule has 3 aromatic rings. The van der Waals surface area contributed by atoms with E-state index in [4.69, 9.17) is 9.72 Å². The van der Waals surface area contributed by atoms with Crippen LogP contribution in [-0.4, -0.2) is 91.0 Å². The summed E-state index contributed by atoms with van der Waals surface area (Å²) in [6.45, 7) is 7.11. The zero-order valence-electron chi connectivity index (χ0n) is 21.7. The van der Waals surface area contributed by atoms with Crippen LogP contribution in [0.1, 0.15) is 5.56 Å². The quantitative estimate of drug-likeness (QED) is 0.315. The summed E-state index contributed by atoms with van der Waals surface area (Å²) in [6.07, 6.45) is 5.54. The van der Waals surface area contributed by atoms with Gasteiger partial charge < -0.3 is 30.1 Å². The molecule has 0 bridgehead atoms. The number of pyridine rings is 1. The number of carbonyl (C=O) groups is 1. The van der Waals surface area contributed by atoms with Gasteiger partial charge in [0.1, 0.15) is 11.6 Å². The van der Waals surface area contributed by atoms with Crippen molar-refractivity contribution in [1.29, 1.82) is 0 Å². The van der Waals surface area contributed by atoms with E-state index in [2.05, 4.69) is 54.7 Å². The van der Waals surface area contributed by atoms with Gasteiger partial charge in [-0.3, -0.25) is 9.78 Å². The van der Waals surface area contributed by atoms with Gasteiger partial charge in [-0.2, -0.15) is 0 Å². The molecule has 10 nitrogen and oxygen atoms in total. The summed E-state index contributed by atoms with van der Waals surface area (Å²) >= 11 is 1.52. The van der Waals surface area contributed by atoms with Gasteiger partial charge in [-0.15, -0.1) is 0 Å². The number of aromatic nitrogens is 3. The highest BCUT2D eigenvalue weighted by molar-refractivity contribution is 7.98. The second kappa shape index (κ2) is 12.9. The van der Waals surface area contributed by atoms with Crippen LogP contribution < -0.4 is 20.4 Å². The van der Waals surface area contributed by atoms with E-state index in [0.29, 0.717) is 31.3 Å². The first kappa shape index (κ1) is 26.2. The van der Waals surface area contributed by atoms with Gasteiger partial charge in [0.2, 0.25) is 5.91 Å². The van der Waals surface area contributed by atoms with Crippen LogP contribution in [-0.2, 0) is 16.1 Å². The van der Waals surface area contributed by atoms with E-state index in [9.17, 15) is 4.79 Å². The monoisotopic (exact) mass is 534 g/mol. The molecular weight excluding hydrogens is 500 g/mol. The SMILES string of the molecule is CSc1nc(Nc2ccc(N3CCOCC3)cc2)cc(N2CCN(C(=O)CNCc3cccnc3)CC2)n1. The Hall–Kier alpha value is -3.41. The third kappa shape index (κ3) is 6.91. The number of anilines is 4. The maximum atomic E-state index is 12.7. The molecular formula is C27H34N8O2S. The van der Waals surface area contributed by atoms with Gasteiger partial charge in [-0.1, -0.05) is 17.8 Å². The topological polar surface area (TPSA) is 98.8 Å². The zero-order valence-corrected chi connectivity index (χ0v) is 22.5. The average molecular weight is 535 g/mol. The third-order valence-electron chi connectivity index (χ3n) is 6.68. The van der Waals surface area contributed by atoms with E-state index in [1.807, 2.05) is 35.6 Å². The van der Waals surface area contributed by atoms with Crippen LogP contribution in [0.25, 0.3) is 0 Å². The lowest BCUT2D eigenvalue weighted by Gasteiger charge is -2.35. The fraction of sp³-hybridized carbons (Fsp3) is 0.407. The minimum Gasteiger partial charge on any atom is -0.378 e. The Kier molecular flexibility index (Phi) is 8.90. The molecule has 1 amide bonds. The average Bonchev–Trinajstić information content (AvgIpc) is 2.98. The minimum absolute atomic E-state index is 0.115. The molecule has 0 unspecified atom stereocenters. The van der Waals surface area contributed by atoms with Crippen molar-refractivity contribution in [3.63, 3.8) is 0 Å². The molecule has 5 rings (SSSR count). The van der Waals surface area contributed by atoms with Crippen LogP contribution in [0, 0.1) is 0 Å². The molecule has 2 fully saturated rings. The van der Waals surface area contributed by atoms with Crippen LogP contribution >= 0.6 is 11.8 Å². The number of carbonyl (C=O) groups excluding carboxylic acids is 1. The van der Waals surface area contributed by atoms with Crippen molar-refractivity contribution < 1.29 is 9.53 Å². The number of hydrogen-bond acceptors (Lipinski definition) is 10. The number of thioether (sulfide) groups is 1. The van der Waals surface area contributed by atoms with Crippen LogP contribution in [0.5, 0.6) is 0 Å². The molecule has 2 aliphatic heterocycles. The van der Waals surface area contributed by atoms with E-state index in [1.54, 1.807) is 6.20 Å². The van der Waals surface area contributed by atoms with Gasteiger partial charge in [-0.05, 0) is 42.2 Å². The molecule has 0 atom stereocenters. The number of nitrogens with zero attached hydrogens (tertiary/aromatic N) is 6. The molecule has 38 heavy (non-hydrogen) atoms. The molecule has 11 heteroatoms. The molecule has 1 aromatic carbocycles. The molecule has 0 spiro atoms. The van der Waals surface area contributed by atoms with Crippen molar-refractivity contribution in [3.05, 3.63) is 60.4 Å². The summed E-state index contributed by atoms with van der Waals surface area (Å²) < 4.78 is 5.46. The molecule has 0 saturated carbocycles. The lowest BCUT2D eigenvalue weighted by atomic mass is 10.2. The molecule has 2 aromatic heterocycles. The highest BCUT2D eigenvalue weighted by Gasteiger charge is 2.22. The number of ether oxygens (including phenoxy) is 1. The van der Waals surface area contributed by atoms with E-state index in [-0.39, 0.29) is 5.91 Å². The van der Waals surface area contributed by atoms with Crippen molar-refractivity contribution in [2.75, 3.05) is 80.4 Å². The molecule has 2 aliphatic rings. The highest BCUT2D eigenvalue weighted by Crippen LogP contribution is 2.25. The highest BCUT2D eigenvalue weighted by atomic mass is 32.2. The molecule has 0 aliphatic carbocycles. The number of piperazine rings is 1. The number of rotatable bonds is 9. The number of hydrogen-bond donors (Lipinski definition) is 2. The Morgan fingerprint density at radius 1 is 1.00 bits per heavy atom. The second-order valence-electron chi connectivity index (χ2n) is 9.20. The lowest BCUT2D eigenvalue weighted by molar-refractivity contribution is -0.130. The maximum absolute atomic E-state index is 12.7. The Labute approximate surface area is 227 Å². The van der Waals surface area contributed by atoms with Crippen LogP contribution in [0.15, 0.2) is 60.0 Å². The summed E-state index contributed by atoms with van der Waals surface area (Å²) in [7, 11) is 0. The van der Waals surface area contributed by atoms with E-state index in [0.717, 1.165) is 62.3 Å². The Bertz CT molecular complexity index is 1180. The van der Waals surface area contributed by atoms with Crippen molar-refractivity contribution in [2.45, 2.75) is 11.7 Å². The Morgan fingerprint density at radius 3 is 2.50 bits per heavy atom. The van der Waals surface area contributed by atoms with Gasteiger partial charge in [-0.25, -0.2) is 9.97 Å². The van der Waals surface area contributed by atoms with Gasteiger partial charge >= 0.3 is 0 Å². The number of amides is 1. The molecule has 200 valence electrons. The van der Waals surface area contributed by atoms with Crippen LogP contribution in [0.4, 0.5) is 23.0 Å². The van der Waals surface area contributed by atoms with Crippen LogP contribution in [0.3, 0.4) is 0 Å². The van der Waals surface area contributed by atoms with E-state index in [1.165, 1.54) is 17.4 Å². The number of nitrogens with one attached hydrogen (secondary N) is 2. The van der Waals surface area contributed by atoms with Crippen molar-refractivity contribution in [1.82, 2.24) is 25.2 Å². The van der Waals surface area contributed by atoms with Crippen molar-refractivity contribution in [3.8, 4) is 0 Å². The summed E-state index contributed by atoms with van der Waals surface area (Å²) in [6, 6.07) is 14.3. The minimum atomic E-state index is 0.115.